The molecule has 0 aliphatic heterocycles. The Balaban J connectivity index is 2.04. The number of methoxy groups -OCH3 is 1. The Kier molecular flexibility index (Phi) is 8.03. The summed E-state index contributed by atoms with van der Waals surface area (Å²) >= 11 is 24.4. The molecule has 1 N–H and O–H groups in total. The summed E-state index contributed by atoms with van der Waals surface area (Å²) in [7, 11) is -2.81. The number of nitrogens with one attached hydrogen (secondary N) is 1. The van der Waals surface area contributed by atoms with Crippen molar-refractivity contribution in [2.45, 2.75) is 11.8 Å². The highest BCUT2D eigenvalue weighted by Gasteiger charge is 2.30. The van der Waals surface area contributed by atoms with E-state index in [9.17, 15) is 13.2 Å². The second-order valence-electron chi connectivity index (χ2n) is 6.94. The highest BCUT2D eigenvalue weighted by atomic mass is 35.5. The Labute approximate surface area is 212 Å². The summed E-state index contributed by atoms with van der Waals surface area (Å²) in [5, 5.41) is 3.39. The Morgan fingerprint density at radius 3 is 2.18 bits per heavy atom. The van der Waals surface area contributed by atoms with Crippen molar-refractivity contribution in [2.24, 2.45) is 0 Å². The zero-order valence-electron chi connectivity index (χ0n) is 17.4. The first-order chi connectivity index (χ1) is 15.5. The number of hydrogen-bond donors (Lipinski definition) is 1. The van der Waals surface area contributed by atoms with Crippen molar-refractivity contribution in [3.05, 3.63) is 80.3 Å². The lowest BCUT2D eigenvalue weighted by Crippen LogP contribution is -2.38. The molecular formula is C22H18Cl4N2O4S. The van der Waals surface area contributed by atoms with Crippen LogP contribution in [0.15, 0.2) is 59.5 Å². The molecule has 0 aromatic heterocycles. The van der Waals surface area contributed by atoms with Crippen molar-refractivity contribution in [3.63, 3.8) is 0 Å². The van der Waals surface area contributed by atoms with E-state index in [0.717, 1.165) is 9.87 Å². The van der Waals surface area contributed by atoms with Crippen molar-refractivity contribution in [1.29, 1.82) is 0 Å². The molecule has 0 radical (unpaired) electrons. The van der Waals surface area contributed by atoms with Crippen molar-refractivity contribution in [3.8, 4) is 5.75 Å². The van der Waals surface area contributed by atoms with Crippen LogP contribution in [0, 0.1) is 6.92 Å². The molecule has 3 rings (SSSR count). The first kappa shape index (κ1) is 25.5. The molecule has 0 saturated carbocycles. The van der Waals surface area contributed by atoms with Gasteiger partial charge < -0.3 is 10.1 Å². The number of amides is 1. The summed E-state index contributed by atoms with van der Waals surface area (Å²) in [5.41, 5.74) is 1.26. The second kappa shape index (κ2) is 10.4. The van der Waals surface area contributed by atoms with Crippen molar-refractivity contribution in [2.75, 3.05) is 23.3 Å². The minimum Gasteiger partial charge on any atom is -0.495 e. The van der Waals surface area contributed by atoms with Crippen LogP contribution in [0.1, 0.15) is 5.56 Å². The van der Waals surface area contributed by atoms with Crippen LogP contribution in [0.4, 0.5) is 11.4 Å². The number of hydrogen-bond acceptors (Lipinski definition) is 4. The second-order valence-corrected chi connectivity index (χ2v) is 10.4. The summed E-state index contributed by atoms with van der Waals surface area (Å²) in [5.74, 6) is -0.431. The molecule has 174 valence electrons. The van der Waals surface area contributed by atoms with Gasteiger partial charge in [0.15, 0.2) is 0 Å². The minimum atomic E-state index is -4.19. The lowest BCUT2D eigenvalue weighted by atomic mass is 10.2. The topological polar surface area (TPSA) is 75.7 Å². The predicted octanol–water partition coefficient (Wildman–Crippen LogP) is 6.45. The molecule has 0 heterocycles. The van der Waals surface area contributed by atoms with Crippen LogP contribution in [0.25, 0.3) is 0 Å². The molecule has 0 aliphatic rings. The third kappa shape index (κ3) is 5.86. The van der Waals surface area contributed by atoms with Gasteiger partial charge in [-0.1, -0.05) is 64.1 Å². The van der Waals surface area contributed by atoms with Gasteiger partial charge in [0.2, 0.25) is 5.91 Å². The molecule has 1 amide bonds. The minimum absolute atomic E-state index is 0.0135. The molecule has 33 heavy (non-hydrogen) atoms. The van der Waals surface area contributed by atoms with Crippen LogP contribution < -0.4 is 14.4 Å². The molecule has 0 atom stereocenters. The average Bonchev–Trinajstić information content (AvgIpc) is 2.75. The quantitative estimate of drug-likeness (QED) is 0.368. The van der Waals surface area contributed by atoms with Gasteiger partial charge in [0.05, 0.1) is 37.8 Å². The van der Waals surface area contributed by atoms with Crippen LogP contribution in [-0.4, -0.2) is 28.0 Å². The molecule has 0 fully saturated rings. The molecular weight excluding hydrogens is 530 g/mol. The van der Waals surface area contributed by atoms with Crippen LogP contribution >= 0.6 is 46.4 Å². The van der Waals surface area contributed by atoms with E-state index in [2.05, 4.69) is 5.32 Å². The number of sulfonamides is 1. The standard InChI is InChI=1S/C22H18Cl4N2O4S/c1-13-3-6-15(7-4-13)33(30,31)28(20-11-21(32-2)19(26)10-18(20)25)12-22(29)27-14-5-8-16(23)17(24)9-14/h3-11H,12H2,1-2H3,(H,27,29). The maximum Gasteiger partial charge on any atom is 0.264 e. The summed E-state index contributed by atoms with van der Waals surface area (Å²) in [4.78, 5) is 12.9. The number of anilines is 2. The summed E-state index contributed by atoms with van der Waals surface area (Å²) in [6, 6.07) is 13.5. The van der Waals surface area contributed by atoms with E-state index in [4.69, 9.17) is 51.1 Å². The van der Waals surface area contributed by atoms with Crippen LogP contribution in [-0.2, 0) is 14.8 Å². The van der Waals surface area contributed by atoms with Crippen LogP contribution in [0.2, 0.25) is 20.1 Å². The average molecular weight is 548 g/mol. The van der Waals surface area contributed by atoms with E-state index in [1.54, 1.807) is 18.2 Å². The van der Waals surface area contributed by atoms with Crippen LogP contribution in [0.5, 0.6) is 5.75 Å². The number of rotatable bonds is 7. The fourth-order valence-electron chi connectivity index (χ4n) is 2.91. The number of carbonyl (C=O) groups is 1. The lowest BCUT2D eigenvalue weighted by molar-refractivity contribution is -0.114. The Morgan fingerprint density at radius 2 is 1.58 bits per heavy atom. The predicted molar refractivity (Wildman–Crippen MR) is 134 cm³/mol. The van der Waals surface area contributed by atoms with E-state index in [1.807, 2.05) is 6.92 Å². The molecule has 0 saturated heterocycles. The molecule has 11 heteroatoms. The Hall–Kier alpha value is -2.16. The van der Waals surface area contributed by atoms with Crippen LogP contribution in [0.3, 0.4) is 0 Å². The molecule has 3 aromatic rings. The van der Waals surface area contributed by atoms with Gasteiger partial charge in [-0.05, 0) is 43.3 Å². The maximum atomic E-state index is 13.5. The zero-order chi connectivity index (χ0) is 24.3. The summed E-state index contributed by atoms with van der Waals surface area (Å²) in [6.45, 7) is 1.25. The van der Waals surface area contributed by atoms with E-state index < -0.39 is 22.5 Å². The zero-order valence-corrected chi connectivity index (χ0v) is 21.2. The molecule has 0 unspecified atom stereocenters. The van der Waals surface area contributed by atoms with Crippen molar-refractivity contribution in [1.82, 2.24) is 0 Å². The first-order valence-corrected chi connectivity index (χ1v) is 12.4. The van der Waals surface area contributed by atoms with E-state index in [-0.39, 0.29) is 31.4 Å². The Morgan fingerprint density at radius 1 is 0.909 bits per heavy atom. The number of aryl methyl sites for hydroxylation is 1. The van der Waals surface area contributed by atoms with Crippen molar-refractivity contribution >= 4 is 73.7 Å². The lowest BCUT2D eigenvalue weighted by Gasteiger charge is -2.25. The van der Waals surface area contributed by atoms with Gasteiger partial charge in [0.1, 0.15) is 12.3 Å². The maximum absolute atomic E-state index is 13.5. The Bertz CT molecular complexity index is 1300. The summed E-state index contributed by atoms with van der Waals surface area (Å²) < 4.78 is 33.2. The molecule has 3 aromatic carbocycles. The SMILES string of the molecule is COc1cc(N(CC(=O)Nc2ccc(Cl)c(Cl)c2)S(=O)(=O)c2ccc(C)cc2)c(Cl)cc1Cl. The number of halogens is 4. The highest BCUT2D eigenvalue weighted by molar-refractivity contribution is 7.92. The number of benzene rings is 3. The van der Waals surface area contributed by atoms with Gasteiger partial charge in [-0.25, -0.2) is 8.42 Å². The van der Waals surface area contributed by atoms with E-state index >= 15 is 0 Å². The monoisotopic (exact) mass is 546 g/mol. The fraction of sp³-hybridized carbons (Fsp3) is 0.136. The van der Waals surface area contributed by atoms with Crippen molar-refractivity contribution < 1.29 is 17.9 Å². The van der Waals surface area contributed by atoms with Gasteiger partial charge in [-0.3, -0.25) is 9.10 Å². The number of nitrogens with zero attached hydrogens (tertiary/aromatic N) is 1. The third-order valence-corrected chi connectivity index (χ3v) is 7.70. The van der Waals surface area contributed by atoms with E-state index in [0.29, 0.717) is 10.7 Å². The number of carbonyl (C=O) groups excluding carboxylic acids is 1. The van der Waals surface area contributed by atoms with Gasteiger partial charge >= 0.3 is 0 Å². The third-order valence-electron chi connectivity index (χ3n) is 4.59. The van der Waals surface area contributed by atoms with Gasteiger partial charge in [-0.2, -0.15) is 0 Å². The normalized spacial score (nSPS) is 11.2. The molecule has 0 aliphatic carbocycles. The largest absolute Gasteiger partial charge is 0.495 e. The van der Waals surface area contributed by atoms with Gasteiger partial charge in [0.25, 0.3) is 10.0 Å². The van der Waals surface area contributed by atoms with Gasteiger partial charge in [-0.15, -0.1) is 0 Å². The van der Waals surface area contributed by atoms with Gasteiger partial charge in [0, 0.05) is 11.8 Å². The fourth-order valence-corrected chi connectivity index (χ4v) is 5.25. The number of ether oxygens (including phenoxy) is 1. The first-order valence-electron chi connectivity index (χ1n) is 9.40. The molecule has 0 bridgehead atoms. The summed E-state index contributed by atoms with van der Waals surface area (Å²) in [6.07, 6.45) is 0. The highest BCUT2D eigenvalue weighted by Crippen LogP contribution is 2.38. The molecule has 6 nitrogen and oxygen atoms in total. The smallest absolute Gasteiger partial charge is 0.264 e. The molecule has 0 spiro atoms. The van der Waals surface area contributed by atoms with E-state index in [1.165, 1.54) is 43.5 Å².